The minimum Gasteiger partial charge on any atom is -0.296 e. The van der Waals surface area contributed by atoms with Crippen LogP contribution in [-0.4, -0.2) is 30.6 Å². The molecule has 7 nitrogen and oxygen atoms in total. The summed E-state index contributed by atoms with van der Waals surface area (Å²) in [4.78, 5) is 12.2. The van der Waals surface area contributed by atoms with E-state index in [1.54, 1.807) is 0 Å². The van der Waals surface area contributed by atoms with E-state index in [1.807, 2.05) is 0 Å². The van der Waals surface area contributed by atoms with Crippen LogP contribution in [0.5, 0.6) is 0 Å². The van der Waals surface area contributed by atoms with Crippen molar-refractivity contribution in [2.24, 2.45) is 0 Å². The Morgan fingerprint density at radius 2 is 1.92 bits per heavy atom. The highest BCUT2D eigenvalue weighted by atomic mass is 35.5. The van der Waals surface area contributed by atoms with E-state index in [0.29, 0.717) is 0 Å². The first kappa shape index (κ1) is 18.5. The Morgan fingerprint density at radius 1 is 1.20 bits per heavy atom. The predicted octanol–water partition coefficient (Wildman–Crippen LogP) is 3.32. The van der Waals surface area contributed by atoms with E-state index < -0.39 is 15.9 Å². The van der Waals surface area contributed by atoms with Crippen LogP contribution >= 0.6 is 34.5 Å². The molecular weight excluding hydrogens is 407 g/mol. The summed E-state index contributed by atoms with van der Waals surface area (Å²) in [6.07, 6.45) is 3.54. The van der Waals surface area contributed by atoms with E-state index in [-0.39, 0.29) is 31.7 Å². The first-order valence-corrected chi connectivity index (χ1v) is 10.6. The summed E-state index contributed by atoms with van der Waals surface area (Å²) >= 11 is 13.3. The van der Waals surface area contributed by atoms with Gasteiger partial charge in [0.2, 0.25) is 15.2 Å². The number of sulfonamides is 1. The molecule has 0 atom stereocenters. The number of nitrogens with one attached hydrogen (secondary N) is 2. The first-order valence-electron chi connectivity index (χ1n) is 7.46. The predicted molar refractivity (Wildman–Crippen MR) is 96.9 cm³/mol. The number of carbonyl (C=O) groups is 1. The van der Waals surface area contributed by atoms with Gasteiger partial charge in [0.1, 0.15) is 10.4 Å². The lowest BCUT2D eigenvalue weighted by atomic mass is 10.2. The van der Waals surface area contributed by atoms with Crippen LogP contribution in [0.2, 0.25) is 10.0 Å². The molecule has 0 bridgehead atoms. The molecule has 2 aromatic rings. The van der Waals surface area contributed by atoms with Crippen LogP contribution in [0, 0.1) is 0 Å². The number of amides is 1. The minimum atomic E-state index is -3.86. The molecule has 1 aliphatic rings. The first-order chi connectivity index (χ1) is 11.9. The lowest BCUT2D eigenvalue weighted by Gasteiger charge is -2.15. The van der Waals surface area contributed by atoms with Crippen molar-refractivity contribution in [2.75, 3.05) is 5.32 Å². The van der Waals surface area contributed by atoms with Crippen LogP contribution in [0.3, 0.4) is 0 Å². The smallest absolute Gasteiger partial charge is 0.259 e. The van der Waals surface area contributed by atoms with Crippen LogP contribution in [0.25, 0.3) is 0 Å². The summed E-state index contributed by atoms with van der Waals surface area (Å²) < 4.78 is 27.9. The zero-order chi connectivity index (χ0) is 18.0. The molecule has 3 rings (SSSR count). The second-order valence-electron chi connectivity index (χ2n) is 5.56. The number of nitrogens with zero attached hydrogens (tertiary/aromatic N) is 2. The molecule has 1 aromatic carbocycles. The number of anilines is 1. The summed E-state index contributed by atoms with van der Waals surface area (Å²) in [5.41, 5.74) is 1.45. The molecule has 1 aliphatic carbocycles. The molecule has 11 heteroatoms. The molecule has 134 valence electrons. The molecule has 25 heavy (non-hydrogen) atoms. The fourth-order valence-electron chi connectivity index (χ4n) is 2.63. The highest BCUT2D eigenvalue weighted by Gasteiger charge is 2.27. The van der Waals surface area contributed by atoms with Crippen molar-refractivity contribution in [1.29, 1.82) is 0 Å². The SMILES string of the molecule is O=C(Nc1nncs1)c1cc(S(=O)(=O)NC2CCCC2)c(Cl)cc1Cl. The van der Waals surface area contributed by atoms with E-state index in [0.717, 1.165) is 37.0 Å². The highest BCUT2D eigenvalue weighted by molar-refractivity contribution is 7.89. The highest BCUT2D eigenvalue weighted by Crippen LogP contribution is 2.30. The van der Waals surface area contributed by atoms with Crippen LogP contribution in [0.15, 0.2) is 22.5 Å². The summed E-state index contributed by atoms with van der Waals surface area (Å²) in [6, 6.07) is 2.31. The molecule has 1 aromatic heterocycles. The van der Waals surface area contributed by atoms with Gasteiger partial charge in [-0.3, -0.25) is 10.1 Å². The van der Waals surface area contributed by atoms with Gasteiger partial charge >= 0.3 is 0 Å². The van der Waals surface area contributed by atoms with Crippen molar-refractivity contribution in [3.05, 3.63) is 33.3 Å². The number of hydrogen-bond acceptors (Lipinski definition) is 6. The molecule has 1 fully saturated rings. The Bertz CT molecular complexity index is 882. The fraction of sp³-hybridized carbons (Fsp3) is 0.357. The van der Waals surface area contributed by atoms with E-state index in [4.69, 9.17) is 23.2 Å². The third kappa shape index (κ3) is 4.29. The number of benzene rings is 1. The van der Waals surface area contributed by atoms with E-state index in [1.165, 1.54) is 17.6 Å². The van der Waals surface area contributed by atoms with Gasteiger partial charge in [-0.15, -0.1) is 10.2 Å². The normalized spacial score (nSPS) is 15.4. The summed E-state index contributed by atoms with van der Waals surface area (Å²) in [7, 11) is -3.86. The summed E-state index contributed by atoms with van der Waals surface area (Å²) in [5.74, 6) is -0.587. The van der Waals surface area contributed by atoms with Crippen LogP contribution in [0.4, 0.5) is 5.13 Å². The van der Waals surface area contributed by atoms with E-state index in [2.05, 4.69) is 20.2 Å². The van der Waals surface area contributed by atoms with Gasteiger partial charge in [-0.1, -0.05) is 47.4 Å². The largest absolute Gasteiger partial charge is 0.296 e. The molecule has 0 aliphatic heterocycles. The second-order valence-corrected chi connectivity index (χ2v) is 8.89. The minimum absolute atomic E-state index is 0.00642. The summed E-state index contributed by atoms with van der Waals surface area (Å²) in [5, 5.41) is 10.1. The third-order valence-corrected chi connectivity index (χ3v) is 6.72. The van der Waals surface area contributed by atoms with Gasteiger partial charge in [-0.05, 0) is 25.0 Å². The quantitative estimate of drug-likeness (QED) is 0.772. The van der Waals surface area contributed by atoms with Gasteiger partial charge < -0.3 is 0 Å². The molecular formula is C14H14Cl2N4O3S2. The number of hydrogen-bond donors (Lipinski definition) is 2. The number of aromatic nitrogens is 2. The van der Waals surface area contributed by atoms with Crippen LogP contribution in [0.1, 0.15) is 36.0 Å². The molecule has 0 radical (unpaired) electrons. The fourth-order valence-corrected chi connectivity index (χ4v) is 5.23. The maximum atomic E-state index is 12.6. The van der Waals surface area contributed by atoms with Crippen molar-refractivity contribution in [3.8, 4) is 0 Å². The Labute approximate surface area is 158 Å². The lowest BCUT2D eigenvalue weighted by Crippen LogP contribution is -2.33. The lowest BCUT2D eigenvalue weighted by molar-refractivity contribution is 0.102. The van der Waals surface area contributed by atoms with Gasteiger partial charge in [-0.2, -0.15) is 0 Å². The van der Waals surface area contributed by atoms with Crippen molar-refractivity contribution in [2.45, 2.75) is 36.6 Å². The monoisotopic (exact) mass is 420 g/mol. The Kier molecular flexibility index (Phi) is 5.59. The van der Waals surface area contributed by atoms with Gasteiger partial charge in [0, 0.05) is 6.04 Å². The Balaban J connectivity index is 1.90. The van der Waals surface area contributed by atoms with Crippen LogP contribution in [-0.2, 0) is 10.0 Å². The zero-order valence-corrected chi connectivity index (χ0v) is 16.0. The van der Waals surface area contributed by atoms with Crippen molar-refractivity contribution < 1.29 is 13.2 Å². The Hall–Kier alpha value is -1.26. The standard InChI is InChI=1S/C14H14Cl2N4O3S2/c15-10-6-11(16)12(25(22,23)20-8-3-1-2-4-8)5-9(10)13(21)18-14-19-17-7-24-14/h5-8,20H,1-4H2,(H,18,19,21). The number of rotatable bonds is 5. The van der Waals surface area contributed by atoms with E-state index in [9.17, 15) is 13.2 Å². The topological polar surface area (TPSA) is 101 Å². The second kappa shape index (κ2) is 7.55. The molecule has 0 saturated heterocycles. The average molecular weight is 421 g/mol. The molecule has 1 saturated carbocycles. The molecule has 1 amide bonds. The third-order valence-electron chi connectivity index (χ3n) is 3.81. The maximum Gasteiger partial charge on any atom is 0.259 e. The molecule has 2 N–H and O–H groups in total. The van der Waals surface area contributed by atoms with Gasteiger partial charge in [0.05, 0.1) is 15.6 Å². The van der Waals surface area contributed by atoms with Crippen LogP contribution < -0.4 is 10.0 Å². The maximum absolute atomic E-state index is 12.6. The molecule has 0 unspecified atom stereocenters. The summed E-state index contributed by atoms with van der Waals surface area (Å²) in [6.45, 7) is 0. The molecule has 0 spiro atoms. The zero-order valence-electron chi connectivity index (χ0n) is 12.8. The molecule has 1 heterocycles. The number of carbonyl (C=O) groups excluding carboxylic acids is 1. The van der Waals surface area contributed by atoms with E-state index >= 15 is 0 Å². The van der Waals surface area contributed by atoms with Gasteiger partial charge in [-0.25, -0.2) is 13.1 Å². The average Bonchev–Trinajstić information content (AvgIpc) is 3.20. The van der Waals surface area contributed by atoms with Crippen molar-refractivity contribution in [1.82, 2.24) is 14.9 Å². The van der Waals surface area contributed by atoms with Crippen molar-refractivity contribution >= 4 is 55.6 Å². The van der Waals surface area contributed by atoms with Crippen molar-refractivity contribution in [3.63, 3.8) is 0 Å². The van der Waals surface area contributed by atoms with Gasteiger partial charge in [0.25, 0.3) is 5.91 Å². The van der Waals surface area contributed by atoms with Gasteiger partial charge in [0.15, 0.2) is 0 Å². The number of halogens is 2. The Morgan fingerprint density at radius 3 is 2.56 bits per heavy atom.